The Morgan fingerprint density at radius 2 is 1.06 bits per heavy atom. The standard InChI is InChI=1S/C18H18BrN3.C18H17BrN3.C5H12O2.2Ir/c2*1-11-8-12(2)17(13(3)9-11)22-18(20-14(4)21-22)15-6-5-7-16(19)10-15;1-4(6)3-5(2)7;;/h5-10H,1-4H3;5,7-10H,1-4H3;4-7H,3H2,1-2H3;;/q;-1;;;. The number of rotatable bonds is 6. The molecule has 0 saturated heterocycles. The zero-order valence-corrected chi connectivity index (χ0v) is 39.7. The van der Waals surface area contributed by atoms with Crippen LogP contribution in [0.1, 0.15) is 65.3 Å². The Bertz CT molecular complexity index is 1930. The largest absolute Gasteiger partial charge is 0.393 e. The zero-order valence-electron chi connectivity index (χ0n) is 31.7. The Hall–Kier alpha value is -2.66. The van der Waals surface area contributed by atoms with E-state index in [0.717, 1.165) is 54.7 Å². The van der Waals surface area contributed by atoms with E-state index >= 15 is 0 Å². The maximum atomic E-state index is 8.56. The van der Waals surface area contributed by atoms with E-state index < -0.39 is 0 Å². The molecule has 2 aromatic heterocycles. The molecule has 0 spiro atoms. The van der Waals surface area contributed by atoms with E-state index in [4.69, 9.17) is 10.2 Å². The summed E-state index contributed by atoms with van der Waals surface area (Å²) in [5.74, 6) is 3.21. The molecule has 6 aromatic rings. The summed E-state index contributed by atoms with van der Waals surface area (Å²) in [4.78, 5) is 9.24. The maximum Gasteiger partial charge on any atom is 0.163 e. The molecule has 2 heterocycles. The molecule has 0 saturated carbocycles. The molecule has 0 aliphatic heterocycles. The third kappa shape index (κ3) is 12.7. The van der Waals surface area contributed by atoms with Crippen LogP contribution in [0.5, 0.6) is 0 Å². The monoisotopic (exact) mass is 1200 g/mol. The van der Waals surface area contributed by atoms with E-state index in [1.54, 1.807) is 13.8 Å². The summed E-state index contributed by atoms with van der Waals surface area (Å²) in [5.41, 5.74) is 11.5. The number of aliphatic hydroxyl groups excluding tert-OH is 2. The first-order chi connectivity index (χ1) is 24.0. The minimum Gasteiger partial charge on any atom is -0.393 e. The van der Waals surface area contributed by atoms with Crippen molar-refractivity contribution in [3.63, 3.8) is 0 Å². The summed E-state index contributed by atoms with van der Waals surface area (Å²) in [7, 11) is 0. The molecular formula is C41H47Br2Ir2N6O2-. The first kappa shape index (κ1) is 46.5. The first-order valence-electron chi connectivity index (χ1n) is 16.9. The van der Waals surface area contributed by atoms with E-state index in [-0.39, 0.29) is 52.4 Å². The Morgan fingerprint density at radius 1 is 0.623 bits per heavy atom. The minimum absolute atomic E-state index is 0. The summed E-state index contributed by atoms with van der Waals surface area (Å²) in [6, 6.07) is 26.0. The molecule has 6 rings (SSSR count). The molecule has 2 N–H and O–H groups in total. The fraction of sp³-hybridized carbons (Fsp3) is 0.317. The van der Waals surface area contributed by atoms with Crippen LogP contribution in [0.4, 0.5) is 0 Å². The van der Waals surface area contributed by atoms with Gasteiger partial charge >= 0.3 is 0 Å². The number of aliphatic hydroxyl groups is 2. The molecule has 0 aliphatic carbocycles. The van der Waals surface area contributed by atoms with Gasteiger partial charge in [-0.3, -0.25) is 9.67 Å². The van der Waals surface area contributed by atoms with Gasteiger partial charge in [0, 0.05) is 50.2 Å². The van der Waals surface area contributed by atoms with Crippen LogP contribution in [0.25, 0.3) is 34.2 Å². The van der Waals surface area contributed by atoms with Gasteiger partial charge in [0.15, 0.2) is 5.82 Å². The van der Waals surface area contributed by atoms with Crippen molar-refractivity contribution < 1.29 is 50.4 Å². The van der Waals surface area contributed by atoms with Crippen molar-refractivity contribution in [1.29, 1.82) is 0 Å². The van der Waals surface area contributed by atoms with Crippen LogP contribution < -0.4 is 0 Å². The van der Waals surface area contributed by atoms with E-state index in [0.29, 0.717) is 6.42 Å². The molecule has 0 amide bonds. The second kappa shape index (κ2) is 20.9. The van der Waals surface area contributed by atoms with Crippen LogP contribution in [0.15, 0.2) is 75.7 Å². The number of halogens is 2. The second-order valence-electron chi connectivity index (χ2n) is 13.1. The molecule has 0 fully saturated rings. The van der Waals surface area contributed by atoms with Crippen LogP contribution in [-0.2, 0) is 40.2 Å². The fourth-order valence-corrected chi connectivity index (χ4v) is 6.97. The Kier molecular flexibility index (Phi) is 18.3. The van der Waals surface area contributed by atoms with Gasteiger partial charge in [0.1, 0.15) is 11.6 Å². The number of nitrogens with zero attached hydrogens (tertiary/aromatic N) is 6. The average molecular weight is 1200 g/mol. The third-order valence-electron chi connectivity index (χ3n) is 7.89. The Balaban J connectivity index is 0.000000302. The number of hydrogen-bond acceptors (Lipinski definition) is 6. The van der Waals surface area contributed by atoms with Crippen molar-refractivity contribution in [2.75, 3.05) is 0 Å². The van der Waals surface area contributed by atoms with Gasteiger partial charge in [0.2, 0.25) is 0 Å². The summed E-state index contributed by atoms with van der Waals surface area (Å²) >= 11 is 7.04. The first-order valence-corrected chi connectivity index (χ1v) is 18.5. The SMILES string of the molecule is CC(O)CC(C)O.Cc1cc(C)c(-n2nc(C)nc2-c2[c-]ccc(Br)c2)c(C)c1.Cc1cc(C)c(-n2nc(C)nc2-c2cccc(Br)c2)c(C)c1.[Ir].[Ir]. The molecule has 4 aromatic carbocycles. The van der Waals surface area contributed by atoms with Gasteiger partial charge in [0.25, 0.3) is 0 Å². The molecule has 0 bridgehead atoms. The van der Waals surface area contributed by atoms with Gasteiger partial charge in [-0.15, -0.1) is 29.8 Å². The van der Waals surface area contributed by atoms with Crippen LogP contribution in [0.2, 0.25) is 0 Å². The van der Waals surface area contributed by atoms with Crippen LogP contribution in [0.3, 0.4) is 0 Å². The van der Waals surface area contributed by atoms with Gasteiger partial charge in [-0.25, -0.2) is 9.67 Å². The van der Waals surface area contributed by atoms with Crippen molar-refractivity contribution in [3.8, 4) is 34.2 Å². The number of aromatic nitrogens is 6. The predicted molar refractivity (Wildman–Crippen MR) is 214 cm³/mol. The molecule has 2 unspecified atom stereocenters. The second-order valence-corrected chi connectivity index (χ2v) is 15.0. The van der Waals surface area contributed by atoms with Crippen LogP contribution in [-0.4, -0.2) is 51.9 Å². The topological polar surface area (TPSA) is 102 Å². The predicted octanol–water partition coefficient (Wildman–Crippen LogP) is 9.79. The van der Waals surface area contributed by atoms with Gasteiger partial charge in [-0.2, -0.15) is 10.2 Å². The van der Waals surface area contributed by atoms with Crippen LogP contribution in [0, 0.1) is 61.5 Å². The van der Waals surface area contributed by atoms with E-state index in [2.05, 4.69) is 136 Å². The molecule has 53 heavy (non-hydrogen) atoms. The number of hydrogen-bond donors (Lipinski definition) is 2. The van der Waals surface area contributed by atoms with Crippen molar-refractivity contribution in [1.82, 2.24) is 29.5 Å². The Morgan fingerprint density at radius 3 is 1.47 bits per heavy atom. The summed E-state index contributed by atoms with van der Waals surface area (Å²) in [6.07, 6.45) is -0.278. The minimum atomic E-state index is -0.375. The van der Waals surface area contributed by atoms with Crippen molar-refractivity contribution in [2.45, 2.75) is 87.9 Å². The maximum absolute atomic E-state index is 8.56. The molecule has 286 valence electrons. The molecule has 8 nitrogen and oxygen atoms in total. The quantitative estimate of drug-likeness (QED) is 0.161. The van der Waals surface area contributed by atoms with Gasteiger partial charge in [-0.05, 0) is 110 Å². The number of aryl methyl sites for hydroxylation is 8. The van der Waals surface area contributed by atoms with E-state index in [1.165, 1.54) is 33.4 Å². The molecule has 2 radical (unpaired) electrons. The van der Waals surface area contributed by atoms with Crippen molar-refractivity contribution in [2.24, 2.45) is 0 Å². The van der Waals surface area contributed by atoms with Gasteiger partial charge in [-0.1, -0.05) is 83.9 Å². The fourth-order valence-electron chi connectivity index (χ4n) is 6.21. The Labute approximate surface area is 357 Å². The van der Waals surface area contributed by atoms with Crippen LogP contribution >= 0.6 is 31.9 Å². The van der Waals surface area contributed by atoms with E-state index in [9.17, 15) is 0 Å². The summed E-state index contributed by atoms with van der Waals surface area (Å²) in [6.45, 7) is 19.9. The summed E-state index contributed by atoms with van der Waals surface area (Å²) in [5, 5.41) is 26.4. The van der Waals surface area contributed by atoms with E-state index in [1.807, 2.05) is 53.5 Å². The van der Waals surface area contributed by atoms with Crippen molar-refractivity contribution >= 4 is 31.9 Å². The molecule has 12 heteroatoms. The molecule has 2 atom stereocenters. The number of benzene rings is 4. The van der Waals surface area contributed by atoms with Crippen molar-refractivity contribution in [3.05, 3.63) is 127 Å². The average Bonchev–Trinajstić information content (AvgIpc) is 3.58. The molecule has 0 aliphatic rings. The molecular weight excluding hydrogens is 1150 g/mol. The van der Waals surface area contributed by atoms with Gasteiger partial charge < -0.3 is 10.2 Å². The van der Waals surface area contributed by atoms with Gasteiger partial charge in [0.05, 0.1) is 29.4 Å². The third-order valence-corrected chi connectivity index (χ3v) is 8.88. The summed E-state index contributed by atoms with van der Waals surface area (Å²) < 4.78 is 5.93. The normalized spacial score (nSPS) is 11.6. The smallest absolute Gasteiger partial charge is 0.163 e. The zero-order chi connectivity index (χ0) is 37.6.